The quantitative estimate of drug-likeness (QED) is 0.782. The van der Waals surface area contributed by atoms with Crippen LogP contribution in [0.1, 0.15) is 37.7 Å². The number of rotatable bonds is 5. The summed E-state index contributed by atoms with van der Waals surface area (Å²) in [6, 6.07) is 7.06. The first-order valence-electron chi connectivity index (χ1n) is 5.10. The number of hydrogen-bond donors (Lipinski definition) is 2. The minimum atomic E-state index is -0.743. The maximum Gasteiger partial charge on any atom is 0.303 e. The molecule has 0 amide bonds. The summed E-state index contributed by atoms with van der Waals surface area (Å²) in [7, 11) is 0. The molecule has 1 rings (SSSR count). The van der Waals surface area contributed by atoms with Crippen molar-refractivity contribution in [3.8, 4) is 5.75 Å². The van der Waals surface area contributed by atoms with E-state index in [0.717, 1.165) is 12.0 Å². The number of benzene rings is 1. The van der Waals surface area contributed by atoms with Crippen LogP contribution in [0.4, 0.5) is 0 Å². The highest BCUT2D eigenvalue weighted by molar-refractivity contribution is 5.66. The number of carbonyl (C=O) groups is 1. The third-order valence-electron chi connectivity index (χ3n) is 2.49. The fourth-order valence-corrected chi connectivity index (χ4v) is 1.53. The molecule has 0 spiro atoms. The molecule has 3 heteroatoms. The molecule has 82 valence electrons. The number of carboxylic acid groups (broad SMARTS) is 1. The maximum absolute atomic E-state index is 10.3. The molecule has 15 heavy (non-hydrogen) atoms. The van der Waals surface area contributed by atoms with Gasteiger partial charge in [-0.1, -0.05) is 19.1 Å². The Kier molecular flexibility index (Phi) is 4.16. The van der Waals surface area contributed by atoms with Gasteiger partial charge in [0.1, 0.15) is 5.75 Å². The van der Waals surface area contributed by atoms with Crippen LogP contribution >= 0.6 is 0 Å². The SMILES string of the molecule is CC(CCCC(=O)O)c1ccc(O)cc1. The molecule has 0 aliphatic carbocycles. The zero-order valence-corrected chi connectivity index (χ0v) is 8.81. The van der Waals surface area contributed by atoms with Crippen LogP contribution in [0.5, 0.6) is 5.75 Å². The molecule has 0 aliphatic heterocycles. The summed E-state index contributed by atoms with van der Waals surface area (Å²) in [4.78, 5) is 10.3. The standard InChI is InChI=1S/C12H16O3/c1-9(3-2-4-12(14)15)10-5-7-11(13)8-6-10/h5-9,13H,2-4H2,1H3,(H,14,15). The zero-order chi connectivity index (χ0) is 11.3. The van der Waals surface area contributed by atoms with E-state index in [4.69, 9.17) is 10.2 Å². The monoisotopic (exact) mass is 208 g/mol. The van der Waals surface area contributed by atoms with Gasteiger partial charge in [0.2, 0.25) is 0 Å². The van der Waals surface area contributed by atoms with Crippen LogP contribution in [0.15, 0.2) is 24.3 Å². The second kappa shape index (κ2) is 5.39. The van der Waals surface area contributed by atoms with Gasteiger partial charge in [-0.3, -0.25) is 4.79 Å². The van der Waals surface area contributed by atoms with Crippen LogP contribution in [-0.2, 0) is 4.79 Å². The van der Waals surface area contributed by atoms with Crippen LogP contribution in [0.2, 0.25) is 0 Å². The maximum atomic E-state index is 10.3. The highest BCUT2D eigenvalue weighted by Gasteiger charge is 2.06. The Morgan fingerprint density at radius 1 is 1.33 bits per heavy atom. The molecule has 0 saturated carbocycles. The van der Waals surface area contributed by atoms with Crippen molar-refractivity contribution >= 4 is 5.97 Å². The molecule has 0 fully saturated rings. The second-order valence-corrected chi connectivity index (χ2v) is 3.78. The van der Waals surface area contributed by atoms with E-state index in [2.05, 4.69) is 6.92 Å². The van der Waals surface area contributed by atoms with Gasteiger partial charge in [-0.05, 0) is 36.5 Å². The van der Waals surface area contributed by atoms with E-state index < -0.39 is 5.97 Å². The largest absolute Gasteiger partial charge is 0.508 e. The van der Waals surface area contributed by atoms with Crippen molar-refractivity contribution in [1.29, 1.82) is 0 Å². The van der Waals surface area contributed by atoms with Crippen molar-refractivity contribution in [2.45, 2.75) is 32.1 Å². The Bertz CT molecular complexity index is 316. The van der Waals surface area contributed by atoms with Crippen molar-refractivity contribution in [3.63, 3.8) is 0 Å². The van der Waals surface area contributed by atoms with E-state index in [9.17, 15) is 4.79 Å². The normalized spacial score (nSPS) is 12.3. The van der Waals surface area contributed by atoms with Gasteiger partial charge >= 0.3 is 5.97 Å². The van der Waals surface area contributed by atoms with Crippen LogP contribution in [0.25, 0.3) is 0 Å². The molecule has 0 bridgehead atoms. The van der Waals surface area contributed by atoms with Crippen molar-refractivity contribution < 1.29 is 15.0 Å². The van der Waals surface area contributed by atoms with E-state index >= 15 is 0 Å². The summed E-state index contributed by atoms with van der Waals surface area (Å²) >= 11 is 0. The third-order valence-corrected chi connectivity index (χ3v) is 2.49. The fraction of sp³-hybridized carbons (Fsp3) is 0.417. The molecule has 2 N–H and O–H groups in total. The van der Waals surface area contributed by atoms with Gasteiger partial charge in [-0.15, -0.1) is 0 Å². The third kappa shape index (κ3) is 4.02. The number of carboxylic acids is 1. The number of phenolic OH excluding ortho intramolecular Hbond substituents is 1. The number of hydrogen-bond acceptors (Lipinski definition) is 2. The molecule has 0 heterocycles. The van der Waals surface area contributed by atoms with Crippen molar-refractivity contribution in [2.24, 2.45) is 0 Å². The van der Waals surface area contributed by atoms with E-state index in [1.807, 2.05) is 12.1 Å². The highest BCUT2D eigenvalue weighted by atomic mass is 16.4. The Hall–Kier alpha value is -1.51. The van der Waals surface area contributed by atoms with Gasteiger partial charge in [-0.25, -0.2) is 0 Å². The lowest BCUT2D eigenvalue weighted by molar-refractivity contribution is -0.137. The number of phenols is 1. The smallest absolute Gasteiger partial charge is 0.303 e. The number of aliphatic carboxylic acids is 1. The van der Waals surface area contributed by atoms with Crippen LogP contribution in [0, 0.1) is 0 Å². The fourth-order valence-electron chi connectivity index (χ4n) is 1.53. The molecular weight excluding hydrogens is 192 g/mol. The molecule has 1 aromatic carbocycles. The van der Waals surface area contributed by atoms with Gasteiger partial charge in [0.15, 0.2) is 0 Å². The average molecular weight is 208 g/mol. The molecular formula is C12H16O3. The van der Waals surface area contributed by atoms with Crippen LogP contribution < -0.4 is 0 Å². The summed E-state index contributed by atoms with van der Waals surface area (Å²) in [5, 5.41) is 17.6. The summed E-state index contributed by atoms with van der Waals surface area (Å²) in [6.45, 7) is 2.06. The Morgan fingerprint density at radius 2 is 1.93 bits per heavy atom. The number of aromatic hydroxyl groups is 1. The van der Waals surface area contributed by atoms with Crippen LogP contribution in [0.3, 0.4) is 0 Å². The predicted molar refractivity (Wildman–Crippen MR) is 58.0 cm³/mol. The molecule has 3 nitrogen and oxygen atoms in total. The summed E-state index contributed by atoms with van der Waals surface area (Å²) < 4.78 is 0. The lowest BCUT2D eigenvalue weighted by Gasteiger charge is -2.10. The predicted octanol–water partition coefficient (Wildman–Crippen LogP) is 2.75. The Labute approximate surface area is 89.4 Å². The van der Waals surface area contributed by atoms with Crippen molar-refractivity contribution in [3.05, 3.63) is 29.8 Å². The Balaban J connectivity index is 2.43. The highest BCUT2D eigenvalue weighted by Crippen LogP contribution is 2.23. The average Bonchev–Trinajstić information content (AvgIpc) is 2.18. The molecule has 1 aromatic rings. The van der Waals surface area contributed by atoms with Gasteiger partial charge in [0.05, 0.1) is 0 Å². The van der Waals surface area contributed by atoms with E-state index in [1.165, 1.54) is 0 Å². The topological polar surface area (TPSA) is 57.5 Å². The summed E-state index contributed by atoms with van der Waals surface area (Å²) in [5.41, 5.74) is 1.14. The molecule has 0 saturated heterocycles. The zero-order valence-electron chi connectivity index (χ0n) is 8.81. The minimum Gasteiger partial charge on any atom is -0.508 e. The molecule has 0 aliphatic rings. The molecule has 1 atom stereocenters. The first-order valence-corrected chi connectivity index (χ1v) is 5.10. The first-order chi connectivity index (χ1) is 7.09. The van der Waals surface area contributed by atoms with E-state index in [0.29, 0.717) is 12.3 Å². The lowest BCUT2D eigenvalue weighted by Crippen LogP contribution is -1.98. The van der Waals surface area contributed by atoms with Gasteiger partial charge in [-0.2, -0.15) is 0 Å². The van der Waals surface area contributed by atoms with E-state index in [1.54, 1.807) is 12.1 Å². The van der Waals surface area contributed by atoms with Crippen LogP contribution in [-0.4, -0.2) is 16.2 Å². The lowest BCUT2D eigenvalue weighted by atomic mass is 9.95. The molecule has 0 radical (unpaired) electrons. The summed E-state index contributed by atoms with van der Waals surface area (Å²) in [6.07, 6.45) is 1.77. The van der Waals surface area contributed by atoms with E-state index in [-0.39, 0.29) is 12.2 Å². The first kappa shape index (κ1) is 11.6. The molecule has 0 aromatic heterocycles. The van der Waals surface area contributed by atoms with Gasteiger partial charge in [0, 0.05) is 6.42 Å². The minimum absolute atomic E-state index is 0.225. The second-order valence-electron chi connectivity index (χ2n) is 3.78. The van der Waals surface area contributed by atoms with Gasteiger partial charge in [0.25, 0.3) is 0 Å². The van der Waals surface area contributed by atoms with Gasteiger partial charge < -0.3 is 10.2 Å². The van der Waals surface area contributed by atoms with Crippen molar-refractivity contribution in [2.75, 3.05) is 0 Å². The Morgan fingerprint density at radius 3 is 2.47 bits per heavy atom. The van der Waals surface area contributed by atoms with Crippen molar-refractivity contribution in [1.82, 2.24) is 0 Å². The summed E-state index contributed by atoms with van der Waals surface area (Å²) in [5.74, 6) is -0.144. The molecule has 1 unspecified atom stereocenters.